The lowest BCUT2D eigenvalue weighted by Gasteiger charge is -2.21. The van der Waals surface area contributed by atoms with E-state index in [9.17, 15) is 19.7 Å². The second kappa shape index (κ2) is 6.84. The van der Waals surface area contributed by atoms with Gasteiger partial charge in [-0.15, -0.1) is 0 Å². The van der Waals surface area contributed by atoms with Crippen LogP contribution in [0.4, 0.5) is 11.4 Å². The van der Waals surface area contributed by atoms with Crippen molar-refractivity contribution in [2.24, 2.45) is 5.92 Å². The zero-order valence-electron chi connectivity index (χ0n) is 11.8. The third-order valence-corrected chi connectivity index (χ3v) is 2.56. The van der Waals surface area contributed by atoms with Gasteiger partial charge in [0.15, 0.2) is 0 Å². The van der Waals surface area contributed by atoms with Gasteiger partial charge in [-0.2, -0.15) is 0 Å². The number of hydrogen-bond acceptors (Lipinski definition) is 6. The fourth-order valence-electron chi connectivity index (χ4n) is 1.65. The lowest BCUT2D eigenvalue weighted by Crippen LogP contribution is -2.38. The molecule has 0 fully saturated rings. The summed E-state index contributed by atoms with van der Waals surface area (Å²) < 4.78 is 4.68. The molecule has 2 amide bonds. The Labute approximate surface area is 121 Å². The standard InChI is InChI=1S/C12H14BN2O6/c1-7(2)12(17)14(8(3)16)9-4-10(15(19)20)6-11(5-9)21-13-18/h4-7,18H,1-3H3. The topological polar surface area (TPSA) is 110 Å². The number of nitro groups is 1. The van der Waals surface area contributed by atoms with Crippen LogP contribution in [0.3, 0.4) is 0 Å². The minimum absolute atomic E-state index is 0.00671. The van der Waals surface area contributed by atoms with E-state index in [-0.39, 0.29) is 17.1 Å². The molecule has 0 saturated carbocycles. The van der Waals surface area contributed by atoms with Crippen molar-refractivity contribution in [3.05, 3.63) is 28.3 Å². The molecule has 0 aliphatic rings. The summed E-state index contributed by atoms with van der Waals surface area (Å²) in [6.45, 7) is 4.39. The summed E-state index contributed by atoms with van der Waals surface area (Å²) in [4.78, 5) is 34.8. The molecule has 1 aromatic carbocycles. The number of imide groups is 1. The first-order valence-electron chi connectivity index (χ1n) is 6.04. The van der Waals surface area contributed by atoms with Crippen LogP contribution in [0.5, 0.6) is 5.75 Å². The number of hydrogen-bond donors (Lipinski definition) is 1. The number of carbonyl (C=O) groups is 2. The summed E-state index contributed by atoms with van der Waals surface area (Å²) in [5.41, 5.74) is -0.362. The number of nitro benzene ring substituents is 1. The summed E-state index contributed by atoms with van der Waals surface area (Å²) >= 11 is 0. The monoisotopic (exact) mass is 293 g/mol. The van der Waals surface area contributed by atoms with E-state index >= 15 is 0 Å². The SMILES string of the molecule is CC(=O)N(C(=O)C(C)C)c1cc(O[B]O)cc([N+](=O)[O-])c1. The first kappa shape index (κ1) is 16.6. The third kappa shape index (κ3) is 4.02. The van der Waals surface area contributed by atoms with Crippen molar-refractivity contribution in [2.75, 3.05) is 4.90 Å². The highest BCUT2D eigenvalue weighted by molar-refractivity contribution is 6.17. The van der Waals surface area contributed by atoms with Gasteiger partial charge in [0.1, 0.15) is 5.75 Å². The highest BCUT2D eigenvalue weighted by Crippen LogP contribution is 2.29. The molecule has 9 heteroatoms. The zero-order chi connectivity index (χ0) is 16.2. The predicted octanol–water partition coefficient (Wildman–Crippen LogP) is 1.04. The number of benzene rings is 1. The van der Waals surface area contributed by atoms with Crippen LogP contribution in [0.1, 0.15) is 20.8 Å². The summed E-state index contributed by atoms with van der Waals surface area (Å²) in [6, 6.07) is 3.40. The van der Waals surface area contributed by atoms with Gasteiger partial charge in [0.2, 0.25) is 11.8 Å². The molecule has 0 aliphatic heterocycles. The van der Waals surface area contributed by atoms with Crippen LogP contribution in [-0.4, -0.2) is 29.4 Å². The van der Waals surface area contributed by atoms with E-state index in [1.165, 1.54) is 13.0 Å². The number of non-ortho nitro benzene ring substituents is 1. The molecular formula is C12H14BN2O6. The average Bonchev–Trinajstić information content (AvgIpc) is 2.38. The Morgan fingerprint density at radius 2 is 2.00 bits per heavy atom. The van der Waals surface area contributed by atoms with E-state index in [1.54, 1.807) is 13.8 Å². The van der Waals surface area contributed by atoms with Crippen LogP contribution >= 0.6 is 0 Å². The molecular weight excluding hydrogens is 279 g/mol. The Morgan fingerprint density at radius 3 is 2.43 bits per heavy atom. The maximum atomic E-state index is 12.1. The molecule has 0 unspecified atom stereocenters. The van der Waals surface area contributed by atoms with Gasteiger partial charge in [0.05, 0.1) is 16.7 Å². The fourth-order valence-corrected chi connectivity index (χ4v) is 1.65. The number of carbonyl (C=O) groups excluding carboxylic acids is 2. The molecule has 0 atom stereocenters. The van der Waals surface area contributed by atoms with Gasteiger partial charge < -0.3 is 9.68 Å². The zero-order valence-corrected chi connectivity index (χ0v) is 11.8. The van der Waals surface area contributed by atoms with Crippen molar-refractivity contribution in [1.29, 1.82) is 0 Å². The maximum Gasteiger partial charge on any atom is 0.569 e. The Balaban J connectivity index is 3.39. The van der Waals surface area contributed by atoms with E-state index in [0.29, 0.717) is 7.69 Å². The smallest absolute Gasteiger partial charge is 0.537 e. The average molecular weight is 293 g/mol. The quantitative estimate of drug-likeness (QED) is 0.493. The molecule has 0 spiro atoms. The molecule has 1 aromatic rings. The number of rotatable bonds is 5. The summed E-state index contributed by atoms with van der Waals surface area (Å²) in [5.74, 6) is -1.61. The molecule has 8 nitrogen and oxygen atoms in total. The molecule has 0 saturated heterocycles. The van der Waals surface area contributed by atoms with Gasteiger partial charge in [-0.3, -0.25) is 24.6 Å². The molecule has 0 aromatic heterocycles. The van der Waals surface area contributed by atoms with E-state index in [0.717, 1.165) is 17.0 Å². The summed E-state index contributed by atoms with van der Waals surface area (Å²) in [6.07, 6.45) is 0. The fraction of sp³-hybridized carbons (Fsp3) is 0.333. The molecule has 21 heavy (non-hydrogen) atoms. The van der Waals surface area contributed by atoms with Crippen molar-refractivity contribution >= 4 is 30.9 Å². The second-order valence-electron chi connectivity index (χ2n) is 4.51. The molecule has 0 bridgehead atoms. The van der Waals surface area contributed by atoms with Crippen LogP contribution in [0.2, 0.25) is 0 Å². The van der Waals surface area contributed by atoms with Crippen LogP contribution < -0.4 is 9.55 Å². The second-order valence-corrected chi connectivity index (χ2v) is 4.51. The highest BCUT2D eigenvalue weighted by atomic mass is 16.6. The molecule has 0 aliphatic carbocycles. The number of nitrogens with zero attached hydrogens (tertiary/aromatic N) is 2. The van der Waals surface area contributed by atoms with Gasteiger partial charge in [-0.25, -0.2) is 0 Å². The van der Waals surface area contributed by atoms with E-state index in [1.807, 2.05) is 0 Å². The van der Waals surface area contributed by atoms with Crippen LogP contribution in [0.25, 0.3) is 0 Å². The lowest BCUT2D eigenvalue weighted by molar-refractivity contribution is -0.384. The molecule has 111 valence electrons. The van der Waals surface area contributed by atoms with Crippen LogP contribution in [0.15, 0.2) is 18.2 Å². The Hall–Kier alpha value is -2.42. The largest absolute Gasteiger partial charge is 0.569 e. The summed E-state index contributed by atoms with van der Waals surface area (Å²) in [7, 11) is 0.352. The Kier molecular flexibility index (Phi) is 5.42. The third-order valence-electron chi connectivity index (χ3n) is 2.56. The Bertz CT molecular complexity index is 575. The van der Waals surface area contributed by atoms with Gasteiger partial charge in [0.25, 0.3) is 5.69 Å². The van der Waals surface area contributed by atoms with E-state index in [2.05, 4.69) is 4.65 Å². The maximum absolute atomic E-state index is 12.1. The van der Waals surface area contributed by atoms with Crippen LogP contribution in [-0.2, 0) is 9.59 Å². The number of anilines is 1. The van der Waals surface area contributed by atoms with Crippen molar-refractivity contribution in [3.8, 4) is 5.75 Å². The predicted molar refractivity (Wildman–Crippen MR) is 74.7 cm³/mol. The van der Waals surface area contributed by atoms with Crippen molar-refractivity contribution in [2.45, 2.75) is 20.8 Å². The lowest BCUT2D eigenvalue weighted by atomic mass is 10.1. The molecule has 1 radical (unpaired) electrons. The van der Waals surface area contributed by atoms with Crippen molar-refractivity contribution in [1.82, 2.24) is 0 Å². The minimum Gasteiger partial charge on any atom is -0.537 e. The minimum atomic E-state index is -0.689. The van der Waals surface area contributed by atoms with Gasteiger partial charge >= 0.3 is 7.69 Å². The van der Waals surface area contributed by atoms with Crippen LogP contribution in [0, 0.1) is 16.0 Å². The summed E-state index contributed by atoms with van der Waals surface area (Å²) in [5, 5.41) is 19.5. The van der Waals surface area contributed by atoms with Gasteiger partial charge in [-0.05, 0) is 0 Å². The first-order valence-corrected chi connectivity index (χ1v) is 6.04. The first-order chi connectivity index (χ1) is 9.77. The normalized spacial score (nSPS) is 10.1. The Morgan fingerprint density at radius 1 is 1.38 bits per heavy atom. The molecule has 1 N–H and O–H groups in total. The van der Waals surface area contributed by atoms with Crippen molar-refractivity contribution in [3.63, 3.8) is 0 Å². The number of amides is 2. The van der Waals surface area contributed by atoms with Crippen molar-refractivity contribution < 1.29 is 24.2 Å². The molecule has 1 rings (SSSR count). The van der Waals surface area contributed by atoms with E-state index < -0.39 is 22.7 Å². The van der Waals surface area contributed by atoms with Gasteiger partial charge in [0, 0.05) is 25.0 Å². The van der Waals surface area contributed by atoms with E-state index in [4.69, 9.17) is 5.02 Å². The molecule has 0 heterocycles. The van der Waals surface area contributed by atoms with Gasteiger partial charge in [-0.1, -0.05) is 13.8 Å². The highest BCUT2D eigenvalue weighted by Gasteiger charge is 2.25.